The quantitative estimate of drug-likeness (QED) is 0.501. The van der Waals surface area contributed by atoms with Crippen molar-refractivity contribution in [2.75, 3.05) is 5.32 Å². The first kappa shape index (κ1) is 18.6. The third-order valence-corrected chi connectivity index (χ3v) is 4.67. The Balaban J connectivity index is 1.74. The van der Waals surface area contributed by atoms with Gasteiger partial charge in [0.1, 0.15) is 5.82 Å². The topological polar surface area (TPSA) is 46.9 Å². The van der Waals surface area contributed by atoms with Crippen molar-refractivity contribution in [1.82, 2.24) is 9.78 Å². The summed E-state index contributed by atoms with van der Waals surface area (Å²) in [7, 11) is 0. The number of anilines is 1. The highest BCUT2D eigenvalue weighted by Gasteiger charge is 2.17. The Morgan fingerprint density at radius 1 is 0.862 bits per heavy atom. The van der Waals surface area contributed by atoms with Crippen LogP contribution in [0.3, 0.4) is 0 Å². The van der Waals surface area contributed by atoms with Crippen molar-refractivity contribution in [3.63, 3.8) is 0 Å². The number of carbonyl (C=O) groups excluding carboxylic acids is 1. The van der Waals surface area contributed by atoms with Crippen molar-refractivity contribution in [3.8, 4) is 16.9 Å². The molecule has 0 fully saturated rings. The highest BCUT2D eigenvalue weighted by molar-refractivity contribution is 6.03. The normalized spacial score (nSPS) is 10.7. The summed E-state index contributed by atoms with van der Waals surface area (Å²) in [5.74, 6) is -0.705. The Morgan fingerprint density at radius 2 is 1.45 bits per heavy atom. The fourth-order valence-electron chi connectivity index (χ4n) is 3.03. The Hall–Kier alpha value is -3.73. The van der Waals surface area contributed by atoms with Gasteiger partial charge in [0.25, 0.3) is 5.91 Å². The van der Waals surface area contributed by atoms with E-state index < -0.39 is 0 Å². The van der Waals surface area contributed by atoms with Gasteiger partial charge in [-0.2, -0.15) is 5.10 Å². The minimum absolute atomic E-state index is 0.283. The van der Waals surface area contributed by atoms with Crippen molar-refractivity contribution in [1.29, 1.82) is 0 Å². The monoisotopic (exact) mass is 385 g/mol. The number of nitrogens with zero attached hydrogens (tertiary/aromatic N) is 2. The highest BCUT2D eigenvalue weighted by atomic mass is 19.1. The van der Waals surface area contributed by atoms with Crippen LogP contribution >= 0.6 is 0 Å². The summed E-state index contributed by atoms with van der Waals surface area (Å²) in [6.07, 6.45) is 0. The second-order valence-corrected chi connectivity index (χ2v) is 6.99. The van der Waals surface area contributed by atoms with Crippen molar-refractivity contribution < 1.29 is 9.18 Å². The molecule has 0 radical (unpaired) electrons. The molecule has 0 atom stereocenters. The van der Waals surface area contributed by atoms with Crippen LogP contribution in [0.15, 0.2) is 78.9 Å². The van der Waals surface area contributed by atoms with E-state index in [-0.39, 0.29) is 17.4 Å². The number of amides is 1. The molecule has 3 aromatic carbocycles. The molecule has 0 aliphatic heterocycles. The van der Waals surface area contributed by atoms with Gasteiger partial charge in [0, 0.05) is 11.3 Å². The average molecular weight is 385 g/mol. The lowest BCUT2D eigenvalue weighted by Gasteiger charge is -2.08. The smallest absolute Gasteiger partial charge is 0.276 e. The van der Waals surface area contributed by atoms with E-state index in [9.17, 15) is 9.18 Å². The molecule has 0 aliphatic rings. The van der Waals surface area contributed by atoms with Crippen LogP contribution in [0.4, 0.5) is 10.1 Å². The van der Waals surface area contributed by atoms with Gasteiger partial charge in [0.2, 0.25) is 0 Å². The third kappa shape index (κ3) is 4.09. The Morgan fingerprint density at radius 3 is 2.07 bits per heavy atom. The lowest BCUT2D eigenvalue weighted by molar-refractivity contribution is 0.102. The minimum atomic E-state index is -0.353. The largest absolute Gasteiger partial charge is 0.321 e. The van der Waals surface area contributed by atoms with Crippen LogP contribution in [0, 0.1) is 19.7 Å². The predicted molar refractivity (Wildman–Crippen MR) is 113 cm³/mol. The molecule has 4 rings (SSSR count). The zero-order valence-electron chi connectivity index (χ0n) is 16.2. The predicted octanol–water partition coefficient (Wildman–Crippen LogP) is 5.55. The van der Waals surface area contributed by atoms with E-state index in [1.807, 2.05) is 62.4 Å². The molecule has 4 nitrogen and oxygen atoms in total. The second kappa shape index (κ2) is 7.72. The number of nitrogens with one attached hydrogen (secondary N) is 1. The zero-order chi connectivity index (χ0) is 20.4. The molecule has 1 heterocycles. The summed E-state index contributed by atoms with van der Waals surface area (Å²) in [6, 6.07) is 23.5. The molecule has 144 valence electrons. The molecule has 1 amide bonds. The van der Waals surface area contributed by atoms with E-state index in [1.165, 1.54) is 24.3 Å². The number of aromatic nitrogens is 2. The van der Waals surface area contributed by atoms with Crippen LogP contribution in [-0.4, -0.2) is 15.7 Å². The summed E-state index contributed by atoms with van der Waals surface area (Å²) in [5.41, 5.74) is 5.75. The molecule has 5 heteroatoms. The van der Waals surface area contributed by atoms with Gasteiger partial charge < -0.3 is 5.32 Å². The van der Waals surface area contributed by atoms with Crippen LogP contribution in [0.2, 0.25) is 0 Å². The Kier molecular flexibility index (Phi) is 4.96. The number of hydrogen-bond acceptors (Lipinski definition) is 2. The summed E-state index contributed by atoms with van der Waals surface area (Å²) >= 11 is 0. The van der Waals surface area contributed by atoms with E-state index in [0.717, 1.165) is 28.1 Å². The molecule has 0 bridgehead atoms. The lowest BCUT2D eigenvalue weighted by atomic mass is 10.1. The van der Waals surface area contributed by atoms with Gasteiger partial charge in [-0.1, -0.05) is 47.5 Å². The molecule has 0 spiro atoms. The van der Waals surface area contributed by atoms with Gasteiger partial charge in [0.05, 0.1) is 11.4 Å². The zero-order valence-corrected chi connectivity index (χ0v) is 16.2. The number of halogens is 1. The van der Waals surface area contributed by atoms with Crippen molar-refractivity contribution in [3.05, 3.63) is 102 Å². The van der Waals surface area contributed by atoms with E-state index >= 15 is 0 Å². The van der Waals surface area contributed by atoms with Gasteiger partial charge in [-0.25, -0.2) is 9.07 Å². The molecule has 0 saturated heterocycles. The Labute approximate surface area is 168 Å². The molecule has 1 N–H and O–H groups in total. The highest BCUT2D eigenvalue weighted by Crippen LogP contribution is 2.25. The van der Waals surface area contributed by atoms with Gasteiger partial charge in [0.15, 0.2) is 5.69 Å². The minimum Gasteiger partial charge on any atom is -0.321 e. The first-order chi connectivity index (χ1) is 14.0. The van der Waals surface area contributed by atoms with Gasteiger partial charge >= 0.3 is 0 Å². The van der Waals surface area contributed by atoms with E-state index in [4.69, 9.17) is 0 Å². The van der Waals surface area contributed by atoms with Crippen LogP contribution < -0.4 is 5.32 Å². The molecule has 0 saturated carbocycles. The van der Waals surface area contributed by atoms with Crippen LogP contribution in [0.5, 0.6) is 0 Å². The Bertz CT molecular complexity index is 1080. The third-order valence-electron chi connectivity index (χ3n) is 4.67. The van der Waals surface area contributed by atoms with Crippen molar-refractivity contribution in [2.24, 2.45) is 0 Å². The lowest BCUT2D eigenvalue weighted by Crippen LogP contribution is -2.13. The van der Waals surface area contributed by atoms with Gasteiger partial charge in [-0.15, -0.1) is 0 Å². The number of aryl methyl sites for hydroxylation is 2. The van der Waals surface area contributed by atoms with Crippen molar-refractivity contribution in [2.45, 2.75) is 13.8 Å². The van der Waals surface area contributed by atoms with E-state index in [0.29, 0.717) is 5.69 Å². The molecular weight excluding hydrogens is 365 g/mol. The standard InChI is InChI=1S/C24H20FN3O/c1-16-3-7-18(8-4-16)23-15-22(24(29)26-20-11-9-19(25)10-12-20)27-28(23)21-13-5-17(2)6-14-21/h3-15H,1-2H3,(H,26,29). The second-order valence-electron chi connectivity index (χ2n) is 6.99. The summed E-state index contributed by atoms with van der Waals surface area (Å²) in [5, 5.41) is 7.32. The summed E-state index contributed by atoms with van der Waals surface area (Å²) in [6.45, 7) is 4.05. The van der Waals surface area contributed by atoms with Gasteiger partial charge in [-0.3, -0.25) is 4.79 Å². The van der Waals surface area contributed by atoms with Gasteiger partial charge in [-0.05, 0) is 56.3 Å². The maximum absolute atomic E-state index is 13.1. The molecular formula is C24H20FN3O. The SMILES string of the molecule is Cc1ccc(-c2cc(C(=O)Nc3ccc(F)cc3)nn2-c2ccc(C)cc2)cc1. The van der Waals surface area contributed by atoms with Crippen LogP contribution in [0.25, 0.3) is 16.9 Å². The number of carbonyl (C=O) groups is 1. The summed E-state index contributed by atoms with van der Waals surface area (Å²) < 4.78 is 14.9. The van der Waals surface area contributed by atoms with Crippen LogP contribution in [-0.2, 0) is 0 Å². The number of benzene rings is 3. The maximum atomic E-state index is 13.1. The van der Waals surface area contributed by atoms with E-state index in [2.05, 4.69) is 10.4 Å². The number of rotatable bonds is 4. The van der Waals surface area contributed by atoms with Crippen LogP contribution in [0.1, 0.15) is 21.6 Å². The summed E-state index contributed by atoms with van der Waals surface area (Å²) in [4.78, 5) is 12.8. The molecule has 29 heavy (non-hydrogen) atoms. The van der Waals surface area contributed by atoms with E-state index in [1.54, 1.807) is 10.7 Å². The first-order valence-electron chi connectivity index (χ1n) is 9.31. The first-order valence-corrected chi connectivity index (χ1v) is 9.31. The molecule has 0 aliphatic carbocycles. The number of hydrogen-bond donors (Lipinski definition) is 1. The fourth-order valence-corrected chi connectivity index (χ4v) is 3.03. The van der Waals surface area contributed by atoms with Crippen molar-refractivity contribution >= 4 is 11.6 Å². The maximum Gasteiger partial charge on any atom is 0.276 e. The fraction of sp³-hybridized carbons (Fsp3) is 0.0833. The average Bonchev–Trinajstić information content (AvgIpc) is 3.16. The molecule has 4 aromatic rings. The molecule has 1 aromatic heterocycles. The molecule has 0 unspecified atom stereocenters.